The number of amides is 1. The predicted octanol–water partition coefficient (Wildman–Crippen LogP) is 1.31. The van der Waals surface area contributed by atoms with Crippen molar-refractivity contribution in [2.75, 3.05) is 32.4 Å². The Bertz CT molecular complexity index is 1060. The summed E-state index contributed by atoms with van der Waals surface area (Å²) in [5, 5.41) is 2.47. The standard InChI is InChI=1S/C20H26N4O6/c1-6-23-18(21)16(19(26)24(7-2)20(23)27)22-15(25)9-8-12-10-13(28-3)17(30-5)14(11-12)29-4/h8-11H,6-7,21H2,1-5H3,(H,22,25)/b9-8+. The Morgan fingerprint density at radius 2 is 1.60 bits per heavy atom. The molecule has 0 unspecified atom stereocenters. The van der Waals surface area contributed by atoms with Gasteiger partial charge in [-0.15, -0.1) is 0 Å². The summed E-state index contributed by atoms with van der Waals surface area (Å²) >= 11 is 0. The van der Waals surface area contributed by atoms with Crippen LogP contribution in [0.3, 0.4) is 0 Å². The first-order valence-electron chi connectivity index (χ1n) is 9.24. The van der Waals surface area contributed by atoms with Crippen LogP contribution in [0.15, 0.2) is 27.8 Å². The molecule has 0 aliphatic rings. The van der Waals surface area contributed by atoms with Crippen molar-refractivity contribution in [3.8, 4) is 17.2 Å². The number of nitrogens with one attached hydrogen (secondary N) is 1. The van der Waals surface area contributed by atoms with Crippen molar-refractivity contribution in [2.24, 2.45) is 0 Å². The lowest BCUT2D eigenvalue weighted by Crippen LogP contribution is -2.42. The quantitative estimate of drug-likeness (QED) is 0.619. The summed E-state index contributed by atoms with van der Waals surface area (Å²) in [6.07, 6.45) is 2.75. The van der Waals surface area contributed by atoms with Gasteiger partial charge in [-0.25, -0.2) is 4.79 Å². The fourth-order valence-corrected chi connectivity index (χ4v) is 2.95. The first kappa shape index (κ1) is 22.6. The topological polar surface area (TPSA) is 127 Å². The van der Waals surface area contributed by atoms with Gasteiger partial charge in [0, 0.05) is 19.2 Å². The third-order valence-electron chi connectivity index (χ3n) is 4.46. The lowest BCUT2D eigenvalue weighted by Gasteiger charge is -2.14. The normalized spacial score (nSPS) is 10.8. The van der Waals surface area contributed by atoms with Crippen molar-refractivity contribution in [1.29, 1.82) is 0 Å². The number of carbonyl (C=O) groups is 1. The number of carbonyl (C=O) groups excluding carboxylic acids is 1. The molecule has 2 rings (SSSR count). The first-order chi connectivity index (χ1) is 14.3. The summed E-state index contributed by atoms with van der Waals surface area (Å²) in [6, 6.07) is 3.33. The van der Waals surface area contributed by atoms with E-state index in [1.807, 2.05) is 0 Å². The molecule has 30 heavy (non-hydrogen) atoms. The molecule has 0 aliphatic heterocycles. The van der Waals surface area contributed by atoms with E-state index >= 15 is 0 Å². The zero-order valence-corrected chi connectivity index (χ0v) is 17.6. The van der Waals surface area contributed by atoms with Crippen LogP contribution >= 0.6 is 0 Å². The van der Waals surface area contributed by atoms with E-state index in [1.54, 1.807) is 26.0 Å². The average molecular weight is 418 g/mol. The summed E-state index contributed by atoms with van der Waals surface area (Å²) in [5.74, 6) is 0.614. The Morgan fingerprint density at radius 3 is 2.07 bits per heavy atom. The number of nitrogens with two attached hydrogens (primary N) is 1. The maximum Gasteiger partial charge on any atom is 0.332 e. The van der Waals surface area contributed by atoms with Gasteiger partial charge in [0.05, 0.1) is 21.3 Å². The van der Waals surface area contributed by atoms with Gasteiger partial charge >= 0.3 is 5.69 Å². The summed E-state index contributed by atoms with van der Waals surface area (Å²) in [7, 11) is 4.47. The van der Waals surface area contributed by atoms with Gasteiger partial charge in [0.25, 0.3) is 5.56 Å². The van der Waals surface area contributed by atoms with E-state index in [4.69, 9.17) is 19.9 Å². The molecule has 10 nitrogen and oxygen atoms in total. The largest absolute Gasteiger partial charge is 0.493 e. The monoisotopic (exact) mass is 418 g/mol. The van der Waals surface area contributed by atoms with Crippen molar-refractivity contribution in [3.05, 3.63) is 44.6 Å². The number of nitrogens with zero attached hydrogens (tertiary/aromatic N) is 2. The minimum Gasteiger partial charge on any atom is -0.493 e. The number of hydrogen-bond donors (Lipinski definition) is 2. The van der Waals surface area contributed by atoms with Gasteiger partial charge in [0.15, 0.2) is 11.5 Å². The van der Waals surface area contributed by atoms with Crippen LogP contribution in [0.25, 0.3) is 6.08 Å². The van der Waals surface area contributed by atoms with Crippen LogP contribution in [-0.4, -0.2) is 36.4 Å². The molecule has 0 fully saturated rings. The van der Waals surface area contributed by atoms with Crippen LogP contribution in [0, 0.1) is 0 Å². The first-order valence-corrected chi connectivity index (χ1v) is 9.24. The van der Waals surface area contributed by atoms with Gasteiger partial charge in [0.1, 0.15) is 11.5 Å². The van der Waals surface area contributed by atoms with Crippen LogP contribution in [0.5, 0.6) is 17.2 Å². The summed E-state index contributed by atoms with van der Waals surface area (Å²) in [4.78, 5) is 37.3. The molecule has 10 heteroatoms. The molecule has 1 amide bonds. The highest BCUT2D eigenvalue weighted by Gasteiger charge is 2.17. The van der Waals surface area contributed by atoms with Gasteiger partial charge in [-0.3, -0.25) is 18.7 Å². The Hall–Kier alpha value is -3.69. The molecule has 3 N–H and O–H groups in total. The minimum atomic E-state index is -0.653. The van der Waals surface area contributed by atoms with Crippen molar-refractivity contribution in [2.45, 2.75) is 26.9 Å². The van der Waals surface area contributed by atoms with Gasteiger partial charge in [0.2, 0.25) is 11.7 Å². The highest BCUT2D eigenvalue weighted by Crippen LogP contribution is 2.38. The third kappa shape index (κ3) is 4.32. The molecule has 162 valence electrons. The van der Waals surface area contributed by atoms with E-state index in [1.165, 1.54) is 38.0 Å². The number of methoxy groups -OCH3 is 3. The van der Waals surface area contributed by atoms with E-state index < -0.39 is 17.2 Å². The second-order valence-electron chi connectivity index (χ2n) is 6.12. The molecule has 1 heterocycles. The average Bonchev–Trinajstić information content (AvgIpc) is 2.75. The van der Waals surface area contributed by atoms with Crippen molar-refractivity contribution >= 4 is 23.5 Å². The molecule has 0 saturated heterocycles. The van der Waals surface area contributed by atoms with Gasteiger partial charge < -0.3 is 25.3 Å². The lowest BCUT2D eigenvalue weighted by molar-refractivity contribution is -0.111. The number of rotatable bonds is 8. The number of benzene rings is 1. The predicted molar refractivity (Wildman–Crippen MR) is 114 cm³/mol. The highest BCUT2D eigenvalue weighted by atomic mass is 16.5. The number of ether oxygens (including phenoxy) is 3. The number of anilines is 2. The van der Waals surface area contributed by atoms with Gasteiger partial charge in [-0.1, -0.05) is 0 Å². The van der Waals surface area contributed by atoms with E-state index in [2.05, 4.69) is 5.32 Å². The molecule has 0 aliphatic carbocycles. The SMILES string of the molecule is CCn1c(N)c(NC(=O)/C=C/c2cc(OC)c(OC)c(OC)c2)c(=O)n(CC)c1=O. The molecular weight excluding hydrogens is 392 g/mol. The fraction of sp³-hybridized carbons (Fsp3) is 0.350. The zero-order chi connectivity index (χ0) is 22.4. The number of nitrogen functional groups attached to an aromatic ring is 1. The van der Waals surface area contributed by atoms with Crippen LogP contribution < -0.4 is 36.5 Å². The van der Waals surface area contributed by atoms with Gasteiger partial charge in [-0.05, 0) is 37.6 Å². The highest BCUT2D eigenvalue weighted by molar-refractivity contribution is 6.03. The minimum absolute atomic E-state index is 0.0910. The van der Waals surface area contributed by atoms with Crippen molar-refractivity contribution in [3.63, 3.8) is 0 Å². The molecule has 0 bridgehead atoms. The Balaban J connectivity index is 2.38. The third-order valence-corrected chi connectivity index (χ3v) is 4.46. The number of hydrogen-bond acceptors (Lipinski definition) is 7. The second-order valence-corrected chi connectivity index (χ2v) is 6.12. The van der Waals surface area contributed by atoms with Crippen molar-refractivity contribution in [1.82, 2.24) is 9.13 Å². The molecule has 0 radical (unpaired) electrons. The molecule has 0 spiro atoms. The van der Waals surface area contributed by atoms with Crippen LogP contribution in [0.1, 0.15) is 19.4 Å². The van der Waals surface area contributed by atoms with Crippen LogP contribution in [0.4, 0.5) is 11.5 Å². The zero-order valence-electron chi connectivity index (χ0n) is 17.6. The summed E-state index contributed by atoms with van der Waals surface area (Å²) in [6.45, 7) is 3.80. The maximum atomic E-state index is 12.5. The smallest absolute Gasteiger partial charge is 0.332 e. The molecule has 2 aromatic rings. The molecular formula is C20H26N4O6. The molecule has 1 aromatic heterocycles. The Morgan fingerprint density at radius 1 is 1.03 bits per heavy atom. The van der Waals surface area contributed by atoms with E-state index in [0.29, 0.717) is 22.8 Å². The second kappa shape index (κ2) is 9.68. The lowest BCUT2D eigenvalue weighted by atomic mass is 10.1. The summed E-state index contributed by atoms with van der Waals surface area (Å²) in [5.41, 5.74) is 5.24. The number of aromatic nitrogens is 2. The maximum absolute atomic E-state index is 12.5. The molecule has 1 aromatic carbocycles. The Labute approximate surface area is 173 Å². The summed E-state index contributed by atoms with van der Waals surface area (Å²) < 4.78 is 18.1. The van der Waals surface area contributed by atoms with Crippen LogP contribution in [-0.2, 0) is 17.9 Å². The van der Waals surface area contributed by atoms with Crippen molar-refractivity contribution < 1.29 is 19.0 Å². The van der Waals surface area contributed by atoms with Crippen LogP contribution in [0.2, 0.25) is 0 Å². The van der Waals surface area contributed by atoms with Gasteiger partial charge in [-0.2, -0.15) is 0 Å². The molecule has 0 atom stereocenters. The van der Waals surface area contributed by atoms with E-state index in [9.17, 15) is 14.4 Å². The van der Waals surface area contributed by atoms with E-state index in [0.717, 1.165) is 4.57 Å². The Kier molecular flexibility index (Phi) is 7.29. The van der Waals surface area contributed by atoms with E-state index in [-0.39, 0.29) is 24.6 Å². The fourth-order valence-electron chi connectivity index (χ4n) is 2.95. The molecule has 0 saturated carbocycles.